The van der Waals surface area contributed by atoms with E-state index in [4.69, 9.17) is 4.74 Å². The summed E-state index contributed by atoms with van der Waals surface area (Å²) in [6.45, 7) is 1.23. The molecule has 1 atom stereocenters. The smallest absolute Gasteiger partial charge is 0.166 e. The van der Waals surface area contributed by atoms with Gasteiger partial charge < -0.3 is 4.74 Å². The van der Waals surface area contributed by atoms with Crippen molar-refractivity contribution in [2.45, 2.75) is 12.8 Å². The second-order valence-corrected chi connectivity index (χ2v) is 8.03. The maximum Gasteiger partial charge on any atom is 0.166 e. The summed E-state index contributed by atoms with van der Waals surface area (Å²) in [5.74, 6) is 0.797. The Balaban J connectivity index is 1.66. The second-order valence-electron chi connectivity index (χ2n) is 8.03. The molecule has 4 aromatic carbocycles. The quantitative estimate of drug-likeness (QED) is 0.151. The van der Waals surface area contributed by atoms with Crippen molar-refractivity contribution in [1.29, 1.82) is 0 Å². The molecule has 182 valence electrons. The molecule has 0 spiro atoms. The molecule has 0 bridgehead atoms. The van der Waals surface area contributed by atoms with E-state index in [0.29, 0.717) is 22.3 Å². The Hall–Kier alpha value is -4.11. The van der Waals surface area contributed by atoms with Crippen molar-refractivity contribution >= 4 is 10.8 Å². The summed E-state index contributed by atoms with van der Waals surface area (Å²) in [7, 11) is 0. The average molecular weight is 492 g/mol. The van der Waals surface area contributed by atoms with Crippen LogP contribution in [0.15, 0.2) is 78.9 Å². The Morgan fingerprint density at radius 2 is 1.61 bits per heavy atom. The van der Waals surface area contributed by atoms with Crippen LogP contribution in [0.2, 0.25) is 0 Å². The molecule has 0 aliphatic rings. The Bertz CT molecular complexity index is 1470. The minimum atomic E-state index is -0.976. The number of hydrogen-bond acceptors (Lipinski definition) is 1. The van der Waals surface area contributed by atoms with Gasteiger partial charge in [0.15, 0.2) is 11.6 Å². The first-order valence-corrected chi connectivity index (χ1v) is 11.2. The molecular weight excluding hydrogens is 471 g/mol. The molecular formula is C30H21F5O. The van der Waals surface area contributed by atoms with Gasteiger partial charge in [-0.2, -0.15) is 0 Å². The number of benzene rings is 4. The predicted molar refractivity (Wildman–Crippen MR) is 131 cm³/mol. The van der Waals surface area contributed by atoms with Crippen LogP contribution in [0, 0.1) is 35.1 Å². The fourth-order valence-electron chi connectivity index (χ4n) is 3.88. The molecule has 4 aromatic rings. The zero-order valence-electron chi connectivity index (χ0n) is 19.3. The SMILES string of the molecule is C/C=C/COc1ccccc1C(CF)c1cc(F)c(C#Cc2ccc3c(F)c(F)ccc3c2)c(F)c1. The summed E-state index contributed by atoms with van der Waals surface area (Å²) >= 11 is 0. The number of hydrogen-bond donors (Lipinski definition) is 0. The van der Waals surface area contributed by atoms with E-state index in [1.165, 1.54) is 24.3 Å². The van der Waals surface area contributed by atoms with Crippen molar-refractivity contribution in [2.75, 3.05) is 13.3 Å². The molecule has 36 heavy (non-hydrogen) atoms. The van der Waals surface area contributed by atoms with E-state index in [-0.39, 0.29) is 17.6 Å². The lowest BCUT2D eigenvalue weighted by Gasteiger charge is -2.19. The van der Waals surface area contributed by atoms with Gasteiger partial charge in [-0.15, -0.1) is 0 Å². The van der Waals surface area contributed by atoms with Crippen LogP contribution in [0.4, 0.5) is 22.0 Å². The first kappa shape index (κ1) is 25.0. The van der Waals surface area contributed by atoms with Gasteiger partial charge >= 0.3 is 0 Å². The van der Waals surface area contributed by atoms with E-state index in [0.717, 1.165) is 18.2 Å². The molecule has 4 rings (SSSR count). The molecule has 0 N–H and O–H groups in total. The molecule has 0 aliphatic heterocycles. The van der Waals surface area contributed by atoms with E-state index < -0.39 is 41.4 Å². The highest BCUT2D eigenvalue weighted by Gasteiger charge is 2.21. The molecule has 0 aromatic heterocycles. The van der Waals surface area contributed by atoms with Crippen LogP contribution in [-0.2, 0) is 0 Å². The van der Waals surface area contributed by atoms with Crippen LogP contribution in [0.25, 0.3) is 10.8 Å². The van der Waals surface area contributed by atoms with E-state index in [2.05, 4.69) is 11.8 Å². The van der Waals surface area contributed by atoms with Crippen molar-refractivity contribution in [2.24, 2.45) is 0 Å². The standard InChI is InChI=1S/C30H21F5O/c1-2-3-14-36-29-7-5-4-6-23(29)25(18-31)21-16-27(33)24(28(34)17-21)12-9-19-8-11-22-20(15-19)10-13-26(32)30(22)35/h2-8,10-11,13,15-17,25H,14,18H2,1H3/b3-2+. The molecule has 0 saturated carbocycles. The minimum absolute atomic E-state index is 0.0782. The van der Waals surface area contributed by atoms with Gasteiger partial charge in [0.2, 0.25) is 0 Å². The third kappa shape index (κ3) is 5.26. The van der Waals surface area contributed by atoms with Crippen molar-refractivity contribution in [3.8, 4) is 17.6 Å². The van der Waals surface area contributed by atoms with Gasteiger partial charge in [-0.1, -0.05) is 54.3 Å². The summed E-state index contributed by atoms with van der Waals surface area (Å²) in [5, 5.41) is 0.479. The largest absolute Gasteiger partial charge is 0.489 e. The predicted octanol–water partition coefficient (Wildman–Crippen LogP) is 7.85. The fourth-order valence-corrected chi connectivity index (χ4v) is 3.88. The van der Waals surface area contributed by atoms with Crippen LogP contribution in [0.3, 0.4) is 0 Å². The van der Waals surface area contributed by atoms with Crippen LogP contribution in [-0.4, -0.2) is 13.3 Å². The lowest BCUT2D eigenvalue weighted by Crippen LogP contribution is -2.08. The lowest BCUT2D eigenvalue weighted by molar-refractivity contribution is 0.352. The summed E-state index contributed by atoms with van der Waals surface area (Å²) < 4.78 is 77.0. The first-order chi connectivity index (χ1) is 17.4. The molecule has 0 aliphatic carbocycles. The number of fused-ring (bicyclic) bond motifs is 1. The van der Waals surface area contributed by atoms with Crippen LogP contribution in [0.5, 0.6) is 5.75 Å². The summed E-state index contributed by atoms with van der Waals surface area (Å²) in [6, 6.07) is 15.6. The molecule has 6 heteroatoms. The molecule has 0 saturated heterocycles. The maximum atomic E-state index is 14.9. The van der Waals surface area contributed by atoms with Gasteiger partial charge in [-0.05, 0) is 54.3 Å². The van der Waals surface area contributed by atoms with Gasteiger partial charge in [-0.3, -0.25) is 4.39 Å². The molecule has 0 fully saturated rings. The number of ether oxygens (including phenoxy) is 1. The number of allylic oxidation sites excluding steroid dienone is 1. The molecule has 1 unspecified atom stereocenters. The Morgan fingerprint density at radius 3 is 2.33 bits per heavy atom. The maximum absolute atomic E-state index is 14.9. The van der Waals surface area contributed by atoms with Gasteiger partial charge in [-0.25, -0.2) is 17.6 Å². The fraction of sp³-hybridized carbons (Fsp3) is 0.133. The highest BCUT2D eigenvalue weighted by atomic mass is 19.2. The Morgan fingerprint density at radius 1 is 0.861 bits per heavy atom. The van der Waals surface area contributed by atoms with Crippen molar-refractivity contribution in [3.63, 3.8) is 0 Å². The lowest BCUT2D eigenvalue weighted by atomic mass is 9.90. The Labute approximate surface area is 205 Å². The number of halogens is 5. The monoisotopic (exact) mass is 492 g/mol. The van der Waals surface area contributed by atoms with Crippen LogP contribution < -0.4 is 4.74 Å². The van der Waals surface area contributed by atoms with Gasteiger partial charge in [0.05, 0.1) is 5.56 Å². The molecule has 0 radical (unpaired) electrons. The second kappa shape index (κ2) is 11.1. The summed E-state index contributed by atoms with van der Waals surface area (Å²) in [5.41, 5.74) is 0.481. The number of rotatable bonds is 6. The van der Waals surface area contributed by atoms with Gasteiger partial charge in [0, 0.05) is 22.4 Å². The number of para-hydroxylation sites is 1. The minimum Gasteiger partial charge on any atom is -0.489 e. The van der Waals surface area contributed by atoms with Crippen LogP contribution in [0.1, 0.15) is 35.1 Å². The normalized spacial score (nSPS) is 11.9. The average Bonchev–Trinajstić information content (AvgIpc) is 2.87. The van der Waals surface area contributed by atoms with Gasteiger partial charge in [0.25, 0.3) is 0 Å². The molecule has 0 heterocycles. The first-order valence-electron chi connectivity index (χ1n) is 11.2. The van der Waals surface area contributed by atoms with E-state index in [1.54, 1.807) is 30.3 Å². The van der Waals surface area contributed by atoms with E-state index in [9.17, 15) is 22.0 Å². The third-order valence-electron chi connectivity index (χ3n) is 5.73. The van der Waals surface area contributed by atoms with Crippen molar-refractivity contribution in [3.05, 3.63) is 124 Å². The van der Waals surface area contributed by atoms with E-state index >= 15 is 0 Å². The van der Waals surface area contributed by atoms with Crippen LogP contribution >= 0.6 is 0 Å². The van der Waals surface area contributed by atoms with Gasteiger partial charge in [0.1, 0.15) is 30.7 Å². The molecule has 0 amide bonds. The van der Waals surface area contributed by atoms with Crippen molar-refractivity contribution < 1.29 is 26.7 Å². The van der Waals surface area contributed by atoms with E-state index in [1.807, 2.05) is 13.0 Å². The zero-order valence-corrected chi connectivity index (χ0v) is 19.3. The topological polar surface area (TPSA) is 9.23 Å². The summed E-state index contributed by atoms with van der Waals surface area (Å²) in [4.78, 5) is 0. The summed E-state index contributed by atoms with van der Waals surface area (Å²) in [6.07, 6.45) is 3.61. The zero-order chi connectivity index (χ0) is 25.7. The highest BCUT2D eigenvalue weighted by molar-refractivity contribution is 5.84. The van der Waals surface area contributed by atoms with Crippen molar-refractivity contribution in [1.82, 2.24) is 0 Å². The third-order valence-corrected chi connectivity index (χ3v) is 5.73. The Kier molecular flexibility index (Phi) is 7.70. The highest BCUT2D eigenvalue weighted by Crippen LogP contribution is 2.34. The molecule has 1 nitrogen and oxygen atoms in total. The number of alkyl halides is 1.